The van der Waals surface area contributed by atoms with Gasteiger partial charge in [-0.25, -0.2) is 0 Å². The molecule has 0 bridgehead atoms. The molecule has 0 saturated heterocycles. The van der Waals surface area contributed by atoms with Gasteiger partial charge in [-0.05, 0) is 71.2 Å². The molecule has 0 aliphatic rings. The first-order chi connectivity index (χ1) is 16.1. The van der Waals surface area contributed by atoms with Gasteiger partial charge in [0, 0.05) is 57.7 Å². The lowest BCUT2D eigenvalue weighted by atomic mass is 9.80. The summed E-state index contributed by atoms with van der Waals surface area (Å²) in [6.07, 6.45) is 4.81. The van der Waals surface area contributed by atoms with E-state index in [-0.39, 0.29) is 10.8 Å². The minimum atomic E-state index is 0.191. The largest absolute Gasteiger partial charge is 0.344 e. The molecule has 0 atom stereocenters. The lowest BCUT2D eigenvalue weighted by Gasteiger charge is -2.24. The second-order valence-electron chi connectivity index (χ2n) is 11.7. The first kappa shape index (κ1) is 23.0. The van der Waals surface area contributed by atoms with Crippen LogP contribution in [0.1, 0.15) is 78.4 Å². The van der Waals surface area contributed by atoms with Crippen LogP contribution in [0, 0.1) is 0 Å². The number of nitrogens with zero attached hydrogens (tertiary/aromatic N) is 2. The predicted octanol–water partition coefficient (Wildman–Crippen LogP) is 9.13. The zero-order valence-electron chi connectivity index (χ0n) is 22.3. The quantitative estimate of drug-likeness (QED) is 0.243. The monoisotopic (exact) mass is 452 g/mol. The van der Waals surface area contributed by atoms with Crippen molar-refractivity contribution in [3.05, 3.63) is 59.7 Å². The highest BCUT2D eigenvalue weighted by Crippen LogP contribution is 2.40. The molecule has 0 aliphatic heterocycles. The third-order valence-corrected chi connectivity index (χ3v) is 8.45. The summed E-state index contributed by atoms with van der Waals surface area (Å²) >= 11 is 0. The highest BCUT2D eigenvalue weighted by Gasteiger charge is 2.23. The molecule has 0 radical (unpaired) electrons. The van der Waals surface area contributed by atoms with Crippen LogP contribution in [0.15, 0.2) is 48.5 Å². The first-order valence-electron chi connectivity index (χ1n) is 13.0. The average molecular weight is 453 g/mol. The van der Waals surface area contributed by atoms with E-state index in [1.54, 1.807) is 0 Å². The molecule has 5 rings (SSSR count). The Morgan fingerprint density at radius 2 is 0.882 bits per heavy atom. The summed E-state index contributed by atoms with van der Waals surface area (Å²) in [5, 5.41) is 5.46. The lowest BCUT2D eigenvalue weighted by Crippen LogP contribution is -2.16. The maximum Gasteiger partial charge on any atom is 0.0496 e. The van der Waals surface area contributed by atoms with E-state index in [4.69, 9.17) is 0 Å². The van der Waals surface area contributed by atoms with Gasteiger partial charge < -0.3 is 9.13 Å². The molecule has 5 aromatic rings. The van der Waals surface area contributed by atoms with Crippen LogP contribution >= 0.6 is 0 Å². The maximum absolute atomic E-state index is 2.45. The van der Waals surface area contributed by atoms with E-state index in [0.29, 0.717) is 0 Å². The third-order valence-electron chi connectivity index (χ3n) is 8.45. The van der Waals surface area contributed by atoms with Crippen LogP contribution < -0.4 is 0 Å². The van der Waals surface area contributed by atoms with Gasteiger partial charge in [0.25, 0.3) is 0 Å². The Bertz CT molecular complexity index is 1420. The minimum Gasteiger partial charge on any atom is -0.344 e. The lowest BCUT2D eigenvalue weighted by molar-refractivity contribution is 0.473. The average Bonchev–Trinajstić information content (AvgIpc) is 3.23. The highest BCUT2D eigenvalue weighted by molar-refractivity contribution is 6.18. The van der Waals surface area contributed by atoms with Gasteiger partial charge in [-0.2, -0.15) is 0 Å². The van der Waals surface area contributed by atoms with Gasteiger partial charge in [0.15, 0.2) is 0 Å². The van der Waals surface area contributed by atoms with Gasteiger partial charge in [0.2, 0.25) is 0 Å². The second kappa shape index (κ2) is 7.90. The molecule has 0 spiro atoms. The molecular weight excluding hydrogens is 412 g/mol. The number of fused-ring (bicyclic) bond motifs is 6. The number of benzene rings is 3. The summed E-state index contributed by atoms with van der Waals surface area (Å²) in [5.41, 5.74) is 8.53. The summed E-state index contributed by atoms with van der Waals surface area (Å²) in [6.45, 7) is 14.1. The zero-order valence-corrected chi connectivity index (χ0v) is 22.3. The van der Waals surface area contributed by atoms with Crippen molar-refractivity contribution in [2.75, 3.05) is 0 Å². The molecular formula is C32H40N2. The Morgan fingerprint density at radius 1 is 0.529 bits per heavy atom. The van der Waals surface area contributed by atoms with Crippen LogP contribution in [0.3, 0.4) is 0 Å². The summed E-state index contributed by atoms with van der Waals surface area (Å²) in [4.78, 5) is 0. The Balaban J connectivity index is 1.79. The Morgan fingerprint density at radius 3 is 1.24 bits per heavy atom. The fourth-order valence-corrected chi connectivity index (χ4v) is 6.29. The van der Waals surface area contributed by atoms with Crippen molar-refractivity contribution in [2.24, 2.45) is 14.1 Å². The van der Waals surface area contributed by atoms with Crippen molar-refractivity contribution in [3.63, 3.8) is 0 Å². The molecule has 0 fully saturated rings. The number of hydrogen-bond donors (Lipinski definition) is 0. The highest BCUT2D eigenvalue weighted by atomic mass is 15.0. The Labute approximate surface area is 204 Å². The van der Waals surface area contributed by atoms with Crippen LogP contribution in [-0.4, -0.2) is 9.13 Å². The van der Waals surface area contributed by atoms with Crippen LogP contribution in [0.4, 0.5) is 0 Å². The number of aromatic nitrogens is 2. The van der Waals surface area contributed by atoms with Crippen molar-refractivity contribution in [1.82, 2.24) is 9.13 Å². The van der Waals surface area contributed by atoms with Gasteiger partial charge in [-0.15, -0.1) is 0 Å². The van der Waals surface area contributed by atoms with Crippen LogP contribution in [0.2, 0.25) is 0 Å². The summed E-state index contributed by atoms with van der Waals surface area (Å²) < 4.78 is 4.76. The molecule has 2 nitrogen and oxygen atoms in total. The Hall–Kier alpha value is -2.74. The SMILES string of the molecule is CCCC(C)(C)c1ccc2c(c1)c1cc3c(cc1n2C)c1cc(C(C)(C)CCC)ccc1n3C. The van der Waals surface area contributed by atoms with Gasteiger partial charge in [-0.1, -0.05) is 66.5 Å². The van der Waals surface area contributed by atoms with E-state index < -0.39 is 0 Å². The van der Waals surface area contributed by atoms with Crippen molar-refractivity contribution >= 4 is 43.6 Å². The van der Waals surface area contributed by atoms with Gasteiger partial charge in [0.05, 0.1) is 0 Å². The molecule has 34 heavy (non-hydrogen) atoms. The predicted molar refractivity (Wildman–Crippen MR) is 150 cm³/mol. The van der Waals surface area contributed by atoms with E-state index >= 15 is 0 Å². The van der Waals surface area contributed by atoms with Crippen molar-refractivity contribution in [2.45, 2.75) is 78.1 Å². The van der Waals surface area contributed by atoms with Gasteiger partial charge >= 0.3 is 0 Å². The van der Waals surface area contributed by atoms with Crippen molar-refractivity contribution < 1.29 is 0 Å². The van der Waals surface area contributed by atoms with Crippen LogP contribution in [0.25, 0.3) is 43.6 Å². The molecule has 3 aromatic carbocycles. The van der Waals surface area contributed by atoms with E-state index in [2.05, 4.69) is 113 Å². The topological polar surface area (TPSA) is 9.86 Å². The van der Waals surface area contributed by atoms with E-state index in [1.807, 2.05) is 0 Å². The molecule has 0 aliphatic carbocycles. The fourth-order valence-electron chi connectivity index (χ4n) is 6.29. The smallest absolute Gasteiger partial charge is 0.0496 e. The molecule has 2 heterocycles. The third kappa shape index (κ3) is 3.37. The molecule has 0 N–H and O–H groups in total. The number of hydrogen-bond acceptors (Lipinski definition) is 0. The zero-order chi connectivity index (χ0) is 24.4. The number of rotatable bonds is 6. The standard InChI is InChI=1S/C32H40N2/c1-9-15-31(3,4)21-11-13-27-23(17-21)25-19-30-26(20-29(25)33(27)7)24-18-22(32(5,6)16-10-2)12-14-28(24)34(30)8/h11-14,17-20H,9-10,15-16H2,1-8H3. The summed E-state index contributed by atoms with van der Waals surface area (Å²) in [6, 6.07) is 19.1. The normalized spacial score (nSPS) is 13.2. The molecule has 2 aromatic heterocycles. The fraction of sp³-hybridized carbons (Fsp3) is 0.438. The molecule has 0 amide bonds. The van der Waals surface area contributed by atoms with Crippen molar-refractivity contribution in [1.29, 1.82) is 0 Å². The van der Waals surface area contributed by atoms with Crippen LogP contribution in [-0.2, 0) is 24.9 Å². The van der Waals surface area contributed by atoms with E-state index in [0.717, 1.165) is 0 Å². The van der Waals surface area contributed by atoms with Crippen molar-refractivity contribution in [3.8, 4) is 0 Å². The van der Waals surface area contributed by atoms with E-state index in [1.165, 1.54) is 80.4 Å². The van der Waals surface area contributed by atoms with Gasteiger partial charge in [-0.3, -0.25) is 0 Å². The summed E-state index contributed by atoms with van der Waals surface area (Å²) in [7, 11) is 4.43. The molecule has 178 valence electrons. The number of aryl methyl sites for hydroxylation is 2. The first-order valence-corrected chi connectivity index (χ1v) is 13.0. The van der Waals surface area contributed by atoms with Gasteiger partial charge in [0.1, 0.15) is 0 Å². The molecule has 2 heteroatoms. The minimum absolute atomic E-state index is 0.191. The Kier molecular flexibility index (Phi) is 5.35. The molecule has 0 saturated carbocycles. The van der Waals surface area contributed by atoms with Crippen LogP contribution in [0.5, 0.6) is 0 Å². The maximum atomic E-state index is 2.45. The summed E-state index contributed by atoms with van der Waals surface area (Å²) in [5.74, 6) is 0. The second-order valence-corrected chi connectivity index (χ2v) is 11.7. The molecule has 0 unspecified atom stereocenters. The van der Waals surface area contributed by atoms with E-state index in [9.17, 15) is 0 Å².